The minimum atomic E-state index is -4.50. The average molecular weight is 627 g/mol. The van der Waals surface area contributed by atoms with E-state index < -0.39 is 39.3 Å². The van der Waals surface area contributed by atoms with Crippen LogP contribution in [0.25, 0.3) is 0 Å². The Morgan fingerprint density at radius 2 is 1.52 bits per heavy atom. The van der Waals surface area contributed by atoms with Gasteiger partial charge in [-0.25, -0.2) is 8.42 Å². The van der Waals surface area contributed by atoms with Gasteiger partial charge < -0.3 is 19.7 Å². The smallest absolute Gasteiger partial charge is 0.273 e. The molecule has 2 atom stereocenters. The van der Waals surface area contributed by atoms with Gasteiger partial charge in [-0.2, -0.15) is 0 Å². The third-order valence-corrected chi connectivity index (χ3v) is 9.05. The number of aryl methyl sites for hydroxylation is 1. The van der Waals surface area contributed by atoms with E-state index in [2.05, 4.69) is 5.32 Å². The molecule has 12 nitrogen and oxygen atoms in total. The number of carbonyl (C=O) groups is 2. The molecule has 3 rings (SSSR count). The summed E-state index contributed by atoms with van der Waals surface area (Å²) in [6.45, 7) is 6.16. The number of carbonyl (C=O) groups excluding carboxylic acids is 2. The van der Waals surface area contributed by atoms with Crippen molar-refractivity contribution in [3.8, 4) is 11.5 Å². The van der Waals surface area contributed by atoms with Crippen LogP contribution in [0.2, 0.25) is 0 Å². The summed E-state index contributed by atoms with van der Waals surface area (Å²) in [7, 11) is -1.51. The molecule has 0 aliphatic rings. The summed E-state index contributed by atoms with van der Waals surface area (Å²) in [5.41, 5.74) is 0.732. The molecule has 0 fully saturated rings. The van der Waals surface area contributed by atoms with E-state index in [1.165, 1.54) is 62.4 Å². The number of hydrogen-bond acceptors (Lipinski definition) is 8. The molecule has 0 aliphatic heterocycles. The lowest BCUT2D eigenvalue weighted by Crippen LogP contribution is -2.52. The Balaban J connectivity index is 2.08. The minimum absolute atomic E-state index is 0.00439. The summed E-state index contributed by atoms with van der Waals surface area (Å²) in [5, 5.41) is 14.5. The zero-order valence-electron chi connectivity index (χ0n) is 25.6. The van der Waals surface area contributed by atoms with Crippen LogP contribution in [-0.2, 0) is 26.2 Å². The number of rotatable bonds is 14. The van der Waals surface area contributed by atoms with Gasteiger partial charge in [-0.1, -0.05) is 25.1 Å². The predicted molar refractivity (Wildman–Crippen MR) is 166 cm³/mol. The monoisotopic (exact) mass is 626 g/mol. The molecule has 3 aromatic rings. The van der Waals surface area contributed by atoms with Crippen LogP contribution in [0.4, 0.5) is 11.4 Å². The maximum absolute atomic E-state index is 14.1. The second kappa shape index (κ2) is 14.7. The first-order valence-electron chi connectivity index (χ1n) is 14.0. The minimum Gasteiger partial charge on any atom is -0.497 e. The number of nitro groups is 1. The normalized spacial score (nSPS) is 12.5. The summed E-state index contributed by atoms with van der Waals surface area (Å²) in [6.07, 6.45) is 0.678. The Morgan fingerprint density at radius 3 is 2.05 bits per heavy atom. The van der Waals surface area contributed by atoms with Crippen LogP contribution >= 0.6 is 0 Å². The number of anilines is 1. The summed E-state index contributed by atoms with van der Waals surface area (Å²) in [6, 6.07) is 15.4. The van der Waals surface area contributed by atoms with Gasteiger partial charge in [0.1, 0.15) is 24.1 Å². The van der Waals surface area contributed by atoms with Crippen LogP contribution in [0.3, 0.4) is 0 Å². The summed E-state index contributed by atoms with van der Waals surface area (Å²) >= 11 is 0. The molecule has 0 bridgehead atoms. The molecule has 0 radical (unpaired) electrons. The fourth-order valence-electron chi connectivity index (χ4n) is 4.33. The van der Waals surface area contributed by atoms with E-state index in [0.717, 1.165) is 10.4 Å². The van der Waals surface area contributed by atoms with E-state index in [0.29, 0.717) is 23.5 Å². The van der Waals surface area contributed by atoms with E-state index in [9.17, 15) is 28.1 Å². The van der Waals surface area contributed by atoms with Crippen LogP contribution in [0.1, 0.15) is 38.3 Å². The second-order valence-electron chi connectivity index (χ2n) is 10.3. The number of hydrogen-bond donors (Lipinski definition) is 1. The van der Waals surface area contributed by atoms with Crippen molar-refractivity contribution in [1.82, 2.24) is 10.2 Å². The average Bonchev–Trinajstić information content (AvgIpc) is 3.02. The van der Waals surface area contributed by atoms with Gasteiger partial charge in [0.2, 0.25) is 11.8 Å². The maximum Gasteiger partial charge on any atom is 0.273 e. The van der Waals surface area contributed by atoms with Crippen molar-refractivity contribution in [2.45, 2.75) is 57.6 Å². The van der Waals surface area contributed by atoms with Gasteiger partial charge >= 0.3 is 0 Å². The molecule has 0 spiro atoms. The number of nitro benzene ring substituents is 1. The highest BCUT2D eigenvalue weighted by Crippen LogP contribution is 2.29. The number of amides is 2. The second-order valence-corrected chi connectivity index (χ2v) is 12.1. The lowest BCUT2D eigenvalue weighted by molar-refractivity contribution is -0.385. The van der Waals surface area contributed by atoms with Crippen LogP contribution in [0.15, 0.2) is 71.6 Å². The quantitative estimate of drug-likeness (QED) is 0.204. The number of sulfonamides is 1. The molecular formula is C31H38N4O8S. The zero-order valence-corrected chi connectivity index (χ0v) is 26.5. The van der Waals surface area contributed by atoms with Crippen molar-refractivity contribution >= 4 is 33.2 Å². The fraction of sp³-hybridized carbons (Fsp3) is 0.355. The van der Waals surface area contributed by atoms with E-state index in [1.54, 1.807) is 31.2 Å². The molecule has 3 aromatic carbocycles. The Morgan fingerprint density at radius 1 is 0.955 bits per heavy atom. The number of methoxy groups -OCH3 is 2. The van der Waals surface area contributed by atoms with Gasteiger partial charge in [0.25, 0.3) is 15.7 Å². The number of nitrogens with one attached hydrogen (secondary N) is 1. The molecule has 2 amide bonds. The first-order chi connectivity index (χ1) is 20.8. The van der Waals surface area contributed by atoms with Crippen molar-refractivity contribution < 1.29 is 32.4 Å². The standard InChI is InChI=1S/C31H38N4O8S/c1-7-22(3)32-31(37)23(4)33(19-24-9-13-26(42-5)14-10-24)30(36)20-34(25-11-15-27(43-6)16-12-25)44(40,41)28-17-8-21(2)29(18-28)35(38)39/h8-18,22-23H,7,19-20H2,1-6H3,(H,32,37). The topological polar surface area (TPSA) is 148 Å². The lowest BCUT2D eigenvalue weighted by Gasteiger charge is -2.32. The molecule has 1 N–H and O–H groups in total. The van der Waals surface area contributed by atoms with Crippen molar-refractivity contribution in [2.75, 3.05) is 25.1 Å². The first-order valence-corrected chi connectivity index (χ1v) is 15.4. The van der Waals surface area contributed by atoms with Gasteiger partial charge in [0, 0.05) is 24.2 Å². The van der Waals surface area contributed by atoms with Gasteiger partial charge in [0.05, 0.1) is 29.7 Å². The molecule has 44 heavy (non-hydrogen) atoms. The molecular weight excluding hydrogens is 588 g/mol. The van der Waals surface area contributed by atoms with E-state index in [1.807, 2.05) is 13.8 Å². The van der Waals surface area contributed by atoms with E-state index in [4.69, 9.17) is 9.47 Å². The number of ether oxygens (including phenoxy) is 2. The number of nitrogens with zero attached hydrogens (tertiary/aromatic N) is 3. The molecule has 0 aliphatic carbocycles. The highest BCUT2D eigenvalue weighted by atomic mass is 32.2. The SMILES string of the molecule is CCC(C)NC(=O)C(C)N(Cc1ccc(OC)cc1)C(=O)CN(c1ccc(OC)cc1)S(=O)(=O)c1ccc(C)c([N+](=O)[O-])c1. The molecule has 0 heterocycles. The Bertz CT molecular complexity index is 1580. The van der Waals surface area contributed by atoms with E-state index in [-0.39, 0.29) is 34.4 Å². The molecule has 0 saturated carbocycles. The lowest BCUT2D eigenvalue weighted by atomic mass is 10.1. The fourth-order valence-corrected chi connectivity index (χ4v) is 5.76. The third kappa shape index (κ3) is 8.04. The van der Waals surface area contributed by atoms with Crippen LogP contribution < -0.4 is 19.1 Å². The highest BCUT2D eigenvalue weighted by Gasteiger charge is 2.33. The largest absolute Gasteiger partial charge is 0.497 e. The predicted octanol–water partition coefficient (Wildman–Crippen LogP) is 4.45. The van der Waals surface area contributed by atoms with Gasteiger partial charge in [0.15, 0.2) is 0 Å². The van der Waals surface area contributed by atoms with Crippen molar-refractivity contribution in [3.63, 3.8) is 0 Å². The van der Waals surface area contributed by atoms with Crippen molar-refractivity contribution in [3.05, 3.63) is 88.0 Å². The van der Waals surface area contributed by atoms with E-state index >= 15 is 0 Å². The molecule has 236 valence electrons. The summed E-state index contributed by atoms with van der Waals surface area (Å²) in [5.74, 6) is 0.0147. The Kier molecular flexibility index (Phi) is 11.3. The van der Waals surface area contributed by atoms with Crippen molar-refractivity contribution in [1.29, 1.82) is 0 Å². The molecule has 0 saturated heterocycles. The third-order valence-electron chi connectivity index (χ3n) is 7.28. The molecule has 0 aromatic heterocycles. The summed E-state index contributed by atoms with van der Waals surface area (Å²) < 4.78 is 39.4. The van der Waals surface area contributed by atoms with Gasteiger partial charge in [-0.3, -0.25) is 24.0 Å². The zero-order chi connectivity index (χ0) is 32.6. The van der Waals surface area contributed by atoms with Gasteiger partial charge in [-0.15, -0.1) is 0 Å². The maximum atomic E-state index is 14.1. The first kappa shape index (κ1) is 33.8. The van der Waals surface area contributed by atoms with Crippen LogP contribution in [0.5, 0.6) is 11.5 Å². The molecule has 13 heteroatoms. The van der Waals surface area contributed by atoms with Crippen LogP contribution in [0, 0.1) is 17.0 Å². The number of benzene rings is 3. The Labute approximate surface area is 257 Å². The summed E-state index contributed by atoms with van der Waals surface area (Å²) in [4.78, 5) is 39.2. The van der Waals surface area contributed by atoms with Crippen molar-refractivity contribution in [2.24, 2.45) is 0 Å². The van der Waals surface area contributed by atoms with Crippen LogP contribution in [-0.4, -0.2) is 62.9 Å². The van der Waals surface area contributed by atoms with Gasteiger partial charge in [-0.05, 0) is 75.2 Å². The molecule has 2 unspecified atom stereocenters. The Hall–Kier alpha value is -4.65. The highest BCUT2D eigenvalue weighted by molar-refractivity contribution is 7.92.